The van der Waals surface area contributed by atoms with Crippen LogP contribution in [0.3, 0.4) is 0 Å². The lowest BCUT2D eigenvalue weighted by molar-refractivity contribution is 0.0987. The molecule has 0 radical (unpaired) electrons. The summed E-state index contributed by atoms with van der Waals surface area (Å²) in [5.74, 6) is -1.09. The van der Waals surface area contributed by atoms with Crippen LogP contribution in [0.5, 0.6) is 0 Å². The molecule has 0 fully saturated rings. The molecule has 7 heteroatoms. The molecule has 50 valence electrons. The number of hydrogen-bond acceptors (Lipinski definition) is 4. The first kappa shape index (κ1) is 6.24. The van der Waals surface area contributed by atoms with Gasteiger partial charge in [0.25, 0.3) is 5.91 Å². The normalized spacial score (nSPS) is 8.40. The van der Waals surface area contributed by atoms with Crippen LogP contribution >= 0.6 is 0 Å². The molecule has 7 nitrogen and oxygen atoms in total. The first-order valence-corrected chi connectivity index (χ1v) is 2.20. The maximum Gasteiger partial charge on any atom is 0.289 e. The van der Waals surface area contributed by atoms with Gasteiger partial charge in [-0.3, -0.25) is 4.79 Å². The van der Waals surface area contributed by atoms with Gasteiger partial charge in [-0.1, -0.05) is 5.16 Å². The molecule has 0 saturated carbocycles. The smallest absolute Gasteiger partial charge is 0.289 e. The summed E-state index contributed by atoms with van der Waals surface area (Å²) in [6.07, 6.45) is 0.972. The van der Waals surface area contributed by atoms with Gasteiger partial charge in [-0.25, -0.2) is 0 Å². The van der Waals surface area contributed by atoms with Crippen LogP contribution in [0.25, 0.3) is 10.4 Å². The number of rotatable bonds is 1. The summed E-state index contributed by atoms with van der Waals surface area (Å²) in [6.45, 7) is 0. The molecule has 0 aromatic carbocycles. The van der Waals surface area contributed by atoms with E-state index in [1.807, 2.05) is 0 Å². The van der Waals surface area contributed by atoms with E-state index in [2.05, 4.69) is 24.7 Å². The summed E-state index contributed by atoms with van der Waals surface area (Å²) in [6, 6.07) is 0. The highest BCUT2D eigenvalue weighted by atomic mass is 16.5. The van der Waals surface area contributed by atoms with Crippen LogP contribution in [0.1, 0.15) is 10.6 Å². The lowest BCUT2D eigenvalue weighted by Gasteiger charge is -1.75. The average Bonchev–Trinajstić information content (AvgIpc) is 2.38. The molecule has 0 spiro atoms. The second-order valence-electron chi connectivity index (χ2n) is 1.25. The number of aromatic nitrogens is 2. The molecule has 0 unspecified atom stereocenters. The van der Waals surface area contributed by atoms with Crippen molar-refractivity contribution < 1.29 is 9.32 Å². The van der Waals surface area contributed by atoms with E-state index in [0.29, 0.717) is 0 Å². The highest BCUT2D eigenvalue weighted by molar-refractivity contribution is 5.90. The molecule has 1 aromatic heterocycles. The number of nitrogens with zero attached hydrogens (tertiary/aromatic N) is 5. The Bertz CT molecular complexity index is 271. The van der Waals surface area contributed by atoms with Crippen molar-refractivity contribution in [3.8, 4) is 0 Å². The van der Waals surface area contributed by atoms with E-state index >= 15 is 0 Å². The Balaban J connectivity index is 2.87. The van der Waals surface area contributed by atoms with Crippen molar-refractivity contribution in [2.45, 2.75) is 0 Å². The molecule has 0 atom stereocenters. The quantitative estimate of drug-likeness (QED) is 0.321. The van der Waals surface area contributed by atoms with Gasteiger partial charge in [0.1, 0.15) is 0 Å². The van der Waals surface area contributed by atoms with Crippen molar-refractivity contribution in [2.24, 2.45) is 5.11 Å². The van der Waals surface area contributed by atoms with Crippen molar-refractivity contribution in [2.75, 3.05) is 0 Å². The summed E-state index contributed by atoms with van der Waals surface area (Å²) < 4.78 is 4.22. The van der Waals surface area contributed by atoms with Gasteiger partial charge in [0.2, 0.25) is 12.2 Å². The molecular formula is C3HN5O2. The van der Waals surface area contributed by atoms with E-state index in [-0.39, 0.29) is 5.82 Å². The van der Waals surface area contributed by atoms with E-state index < -0.39 is 5.91 Å². The fourth-order valence-electron chi connectivity index (χ4n) is 0.350. The Labute approximate surface area is 54.3 Å². The Kier molecular flexibility index (Phi) is 1.63. The zero-order valence-electron chi connectivity index (χ0n) is 4.63. The third-order valence-corrected chi connectivity index (χ3v) is 0.688. The van der Waals surface area contributed by atoms with Gasteiger partial charge in [0.05, 0.1) is 0 Å². The van der Waals surface area contributed by atoms with E-state index in [1.165, 1.54) is 0 Å². The van der Waals surface area contributed by atoms with Gasteiger partial charge in [0.15, 0.2) is 0 Å². The molecule has 10 heavy (non-hydrogen) atoms. The Morgan fingerprint density at radius 1 is 1.90 bits per heavy atom. The molecule has 0 aliphatic carbocycles. The summed E-state index contributed by atoms with van der Waals surface area (Å²) in [4.78, 5) is 16.1. The Hall–Kier alpha value is -1.88. The fourth-order valence-corrected chi connectivity index (χ4v) is 0.350. The van der Waals surface area contributed by atoms with Gasteiger partial charge in [0, 0.05) is 4.91 Å². The average molecular weight is 139 g/mol. The standard InChI is InChI=1S/C3HN5O2/c4-8-6-3(9)2-5-1-10-7-2/h1H. The first-order valence-electron chi connectivity index (χ1n) is 2.20. The number of carbonyl (C=O) groups excluding carboxylic acids is 1. The lowest BCUT2D eigenvalue weighted by Crippen LogP contribution is -1.94. The molecule has 1 amide bonds. The number of amides is 1. The zero-order valence-corrected chi connectivity index (χ0v) is 4.63. The molecule has 1 aromatic rings. The second kappa shape index (κ2) is 2.60. The van der Waals surface area contributed by atoms with Crippen LogP contribution in [-0.2, 0) is 0 Å². The van der Waals surface area contributed by atoms with Crippen molar-refractivity contribution in [1.29, 1.82) is 0 Å². The van der Waals surface area contributed by atoms with Gasteiger partial charge in [-0.05, 0) is 10.6 Å². The topological polar surface area (TPSA) is 105 Å². The van der Waals surface area contributed by atoms with E-state index in [9.17, 15) is 4.79 Å². The Morgan fingerprint density at radius 2 is 2.70 bits per heavy atom. The van der Waals surface area contributed by atoms with Crippen LogP contribution in [0.4, 0.5) is 0 Å². The molecule has 0 aliphatic rings. The zero-order chi connectivity index (χ0) is 7.40. The molecule has 0 N–H and O–H groups in total. The summed E-state index contributed by atoms with van der Waals surface area (Å²) in [7, 11) is 0. The van der Waals surface area contributed by atoms with E-state index in [0.717, 1.165) is 6.39 Å². The second-order valence-corrected chi connectivity index (χ2v) is 1.25. The number of carbonyl (C=O) groups is 1. The highest BCUT2D eigenvalue weighted by Crippen LogP contribution is 1.90. The minimum Gasteiger partial charge on any atom is -0.342 e. The van der Waals surface area contributed by atoms with E-state index in [4.69, 9.17) is 5.53 Å². The number of azide groups is 1. The SMILES string of the molecule is [N-]=[N+]=NC(=O)c1ncon1. The lowest BCUT2D eigenvalue weighted by atomic mass is 10.6. The van der Waals surface area contributed by atoms with Crippen LogP contribution in [0, 0.1) is 0 Å². The van der Waals surface area contributed by atoms with Crippen molar-refractivity contribution in [1.82, 2.24) is 10.1 Å². The predicted molar refractivity (Wildman–Crippen MR) is 27.8 cm³/mol. The maximum atomic E-state index is 10.5. The number of hydrogen-bond donors (Lipinski definition) is 0. The third-order valence-electron chi connectivity index (χ3n) is 0.688. The van der Waals surface area contributed by atoms with Crippen molar-refractivity contribution in [3.05, 3.63) is 22.7 Å². The summed E-state index contributed by atoms with van der Waals surface area (Å²) >= 11 is 0. The molecular weight excluding hydrogens is 138 g/mol. The third kappa shape index (κ3) is 1.09. The first-order chi connectivity index (χ1) is 4.84. The van der Waals surface area contributed by atoms with Crippen molar-refractivity contribution >= 4 is 5.91 Å². The van der Waals surface area contributed by atoms with E-state index in [1.54, 1.807) is 0 Å². The largest absolute Gasteiger partial charge is 0.342 e. The monoisotopic (exact) mass is 139 g/mol. The van der Waals surface area contributed by atoms with Gasteiger partial charge in [-0.15, -0.1) is 0 Å². The van der Waals surface area contributed by atoms with Gasteiger partial charge in [-0.2, -0.15) is 4.98 Å². The van der Waals surface area contributed by atoms with Gasteiger partial charge < -0.3 is 4.52 Å². The molecule has 0 saturated heterocycles. The maximum absolute atomic E-state index is 10.5. The summed E-state index contributed by atoms with van der Waals surface area (Å²) in [5.41, 5.74) is 7.79. The molecule has 1 heterocycles. The highest BCUT2D eigenvalue weighted by Gasteiger charge is 2.06. The van der Waals surface area contributed by atoms with Crippen LogP contribution in [0.2, 0.25) is 0 Å². The Morgan fingerprint density at radius 3 is 3.20 bits per heavy atom. The van der Waals surface area contributed by atoms with Crippen LogP contribution in [-0.4, -0.2) is 16.0 Å². The van der Waals surface area contributed by atoms with Gasteiger partial charge >= 0.3 is 0 Å². The predicted octanol–water partition coefficient (Wildman–Crippen LogP) is 0.520. The minimum absolute atomic E-state index is 0.238. The minimum atomic E-state index is -0.851. The summed E-state index contributed by atoms with van der Waals surface area (Å²) in [5, 5.41) is 5.86. The molecule has 0 bridgehead atoms. The molecule has 0 aliphatic heterocycles. The van der Waals surface area contributed by atoms with Crippen LogP contribution in [0.15, 0.2) is 16.0 Å². The van der Waals surface area contributed by atoms with Crippen molar-refractivity contribution in [3.63, 3.8) is 0 Å². The fraction of sp³-hybridized carbons (Fsp3) is 0. The molecule has 1 rings (SSSR count). The van der Waals surface area contributed by atoms with Crippen LogP contribution < -0.4 is 0 Å².